The maximum Gasteiger partial charge on any atom is 0.223 e. The average Bonchev–Trinajstić information content (AvgIpc) is 2.67. The fraction of sp³-hybridized carbons (Fsp3) is 0.692. The molecule has 1 amide bonds. The third-order valence-electron chi connectivity index (χ3n) is 3.16. The molecule has 0 bridgehead atoms. The molecular formula is C13H24N4O. The molecular weight excluding hydrogens is 228 g/mol. The van der Waals surface area contributed by atoms with Gasteiger partial charge in [-0.05, 0) is 12.8 Å². The van der Waals surface area contributed by atoms with Crippen molar-refractivity contribution in [1.82, 2.24) is 15.1 Å². The molecule has 5 heteroatoms. The van der Waals surface area contributed by atoms with Gasteiger partial charge in [0.15, 0.2) is 0 Å². The number of carbonyl (C=O) groups is 1. The van der Waals surface area contributed by atoms with Crippen LogP contribution in [0.5, 0.6) is 0 Å². The van der Waals surface area contributed by atoms with E-state index in [9.17, 15) is 4.79 Å². The van der Waals surface area contributed by atoms with Crippen LogP contribution in [0, 0.1) is 5.92 Å². The minimum atomic E-state index is 0.123. The normalized spacial score (nSPS) is 10.9. The second-order valence-electron chi connectivity index (χ2n) is 4.67. The molecule has 0 aliphatic carbocycles. The zero-order chi connectivity index (χ0) is 13.5. The molecule has 3 N–H and O–H groups in total. The summed E-state index contributed by atoms with van der Waals surface area (Å²) in [5, 5.41) is 7.00. The van der Waals surface area contributed by atoms with Crippen LogP contribution >= 0.6 is 0 Å². The van der Waals surface area contributed by atoms with Gasteiger partial charge in [0.05, 0.1) is 6.20 Å². The Labute approximate surface area is 109 Å². The number of aromatic nitrogens is 2. The van der Waals surface area contributed by atoms with Crippen LogP contribution in [-0.4, -0.2) is 15.7 Å². The number of aryl methyl sites for hydroxylation is 1. The van der Waals surface area contributed by atoms with E-state index in [0.29, 0.717) is 12.4 Å². The summed E-state index contributed by atoms with van der Waals surface area (Å²) in [4.78, 5) is 12.0. The lowest BCUT2D eigenvalue weighted by atomic mass is 9.97. The summed E-state index contributed by atoms with van der Waals surface area (Å²) in [6.45, 7) is 4.67. The van der Waals surface area contributed by atoms with Gasteiger partial charge in [-0.15, -0.1) is 0 Å². The van der Waals surface area contributed by atoms with Gasteiger partial charge in [-0.1, -0.05) is 26.7 Å². The molecule has 0 atom stereocenters. The van der Waals surface area contributed by atoms with E-state index in [1.807, 2.05) is 0 Å². The predicted molar refractivity (Wildman–Crippen MR) is 72.8 cm³/mol. The maximum absolute atomic E-state index is 12.0. The lowest BCUT2D eigenvalue weighted by Crippen LogP contribution is -2.30. The number of amides is 1. The van der Waals surface area contributed by atoms with E-state index in [1.165, 1.54) is 0 Å². The van der Waals surface area contributed by atoms with Gasteiger partial charge < -0.3 is 11.1 Å². The molecule has 1 aromatic heterocycles. The van der Waals surface area contributed by atoms with E-state index in [0.717, 1.165) is 31.2 Å². The van der Waals surface area contributed by atoms with Crippen molar-refractivity contribution in [3.8, 4) is 0 Å². The maximum atomic E-state index is 12.0. The number of hydrogen-bond donors (Lipinski definition) is 2. The molecule has 1 rings (SSSR count). The number of nitrogens with zero attached hydrogens (tertiary/aromatic N) is 2. The number of carbonyl (C=O) groups excluding carboxylic acids is 1. The molecule has 0 radical (unpaired) electrons. The predicted octanol–water partition coefficient (Wildman–Crippen LogP) is 1.83. The Kier molecular flexibility index (Phi) is 5.68. The van der Waals surface area contributed by atoms with Crippen LogP contribution in [-0.2, 0) is 18.4 Å². The van der Waals surface area contributed by atoms with Gasteiger partial charge in [0.2, 0.25) is 5.91 Å². The molecule has 0 aromatic carbocycles. The average molecular weight is 252 g/mol. The minimum Gasteiger partial charge on any atom is -0.384 e. The van der Waals surface area contributed by atoms with Crippen LogP contribution in [0.1, 0.15) is 45.1 Å². The molecule has 0 saturated heterocycles. The Morgan fingerprint density at radius 3 is 2.50 bits per heavy atom. The van der Waals surface area contributed by atoms with Crippen molar-refractivity contribution >= 4 is 11.7 Å². The molecule has 1 aromatic rings. The SMILES string of the molecule is CCCC(CCC)C(=O)NCc1cnn(C)c1N. The Morgan fingerprint density at radius 2 is 2.06 bits per heavy atom. The Balaban J connectivity index is 2.51. The molecule has 0 fully saturated rings. The molecule has 0 aliphatic rings. The van der Waals surface area contributed by atoms with E-state index >= 15 is 0 Å². The molecule has 0 aliphatic heterocycles. The van der Waals surface area contributed by atoms with E-state index in [4.69, 9.17) is 5.73 Å². The van der Waals surface area contributed by atoms with Crippen molar-refractivity contribution in [2.24, 2.45) is 13.0 Å². The summed E-state index contributed by atoms with van der Waals surface area (Å²) in [5.74, 6) is 0.859. The quantitative estimate of drug-likeness (QED) is 0.777. The zero-order valence-corrected chi connectivity index (χ0v) is 11.6. The third kappa shape index (κ3) is 3.75. The molecule has 0 spiro atoms. The number of nitrogens with two attached hydrogens (primary N) is 1. The highest BCUT2D eigenvalue weighted by molar-refractivity contribution is 5.78. The van der Waals surface area contributed by atoms with E-state index in [2.05, 4.69) is 24.3 Å². The Hall–Kier alpha value is -1.52. The molecule has 0 unspecified atom stereocenters. The molecule has 5 nitrogen and oxygen atoms in total. The first kappa shape index (κ1) is 14.5. The number of nitrogen functional groups attached to an aromatic ring is 1. The monoisotopic (exact) mass is 252 g/mol. The van der Waals surface area contributed by atoms with Gasteiger partial charge in [0.1, 0.15) is 5.82 Å². The summed E-state index contributed by atoms with van der Waals surface area (Å²) < 4.78 is 1.61. The third-order valence-corrected chi connectivity index (χ3v) is 3.16. The lowest BCUT2D eigenvalue weighted by molar-refractivity contribution is -0.125. The molecule has 1 heterocycles. The van der Waals surface area contributed by atoms with Crippen molar-refractivity contribution in [2.45, 2.75) is 46.1 Å². The highest BCUT2D eigenvalue weighted by Gasteiger charge is 2.16. The van der Waals surface area contributed by atoms with E-state index in [-0.39, 0.29) is 11.8 Å². The Bertz CT molecular complexity index is 380. The highest BCUT2D eigenvalue weighted by atomic mass is 16.1. The molecule has 0 saturated carbocycles. The number of nitrogens with one attached hydrogen (secondary N) is 1. The smallest absolute Gasteiger partial charge is 0.223 e. The van der Waals surface area contributed by atoms with Gasteiger partial charge in [-0.2, -0.15) is 5.10 Å². The minimum absolute atomic E-state index is 0.123. The first-order valence-corrected chi connectivity index (χ1v) is 6.64. The largest absolute Gasteiger partial charge is 0.384 e. The van der Waals surface area contributed by atoms with Crippen molar-refractivity contribution in [2.75, 3.05) is 5.73 Å². The van der Waals surface area contributed by atoms with Gasteiger partial charge in [-0.3, -0.25) is 9.48 Å². The summed E-state index contributed by atoms with van der Waals surface area (Å²) in [6, 6.07) is 0. The summed E-state index contributed by atoms with van der Waals surface area (Å²) in [5.41, 5.74) is 6.70. The van der Waals surface area contributed by atoms with Crippen molar-refractivity contribution in [3.05, 3.63) is 11.8 Å². The van der Waals surface area contributed by atoms with Crippen LogP contribution in [0.2, 0.25) is 0 Å². The zero-order valence-electron chi connectivity index (χ0n) is 11.6. The molecule has 102 valence electrons. The van der Waals surface area contributed by atoms with Gasteiger partial charge in [0, 0.05) is 25.1 Å². The van der Waals surface area contributed by atoms with E-state index < -0.39 is 0 Å². The van der Waals surface area contributed by atoms with Gasteiger partial charge in [0.25, 0.3) is 0 Å². The van der Waals surface area contributed by atoms with Crippen LogP contribution in [0.4, 0.5) is 5.82 Å². The highest BCUT2D eigenvalue weighted by Crippen LogP contribution is 2.14. The standard InChI is InChI=1S/C13H24N4O/c1-4-6-10(7-5-2)13(18)15-8-11-9-16-17(3)12(11)14/h9-10H,4-8,14H2,1-3H3,(H,15,18). The van der Waals surface area contributed by atoms with Crippen molar-refractivity contribution in [1.29, 1.82) is 0 Å². The van der Waals surface area contributed by atoms with Crippen molar-refractivity contribution < 1.29 is 4.79 Å². The first-order valence-electron chi connectivity index (χ1n) is 6.64. The number of anilines is 1. The summed E-state index contributed by atoms with van der Waals surface area (Å²) in [7, 11) is 1.79. The van der Waals surface area contributed by atoms with Crippen LogP contribution in [0.3, 0.4) is 0 Å². The van der Waals surface area contributed by atoms with Crippen LogP contribution in [0.15, 0.2) is 6.20 Å². The lowest BCUT2D eigenvalue weighted by Gasteiger charge is -2.15. The molecule has 18 heavy (non-hydrogen) atoms. The number of rotatable bonds is 7. The second-order valence-corrected chi connectivity index (χ2v) is 4.67. The second kappa shape index (κ2) is 7.03. The van der Waals surface area contributed by atoms with Crippen molar-refractivity contribution in [3.63, 3.8) is 0 Å². The van der Waals surface area contributed by atoms with Crippen LogP contribution in [0.25, 0.3) is 0 Å². The number of hydrogen-bond acceptors (Lipinski definition) is 3. The topological polar surface area (TPSA) is 72.9 Å². The Morgan fingerprint density at radius 1 is 1.44 bits per heavy atom. The summed E-state index contributed by atoms with van der Waals surface area (Å²) >= 11 is 0. The fourth-order valence-electron chi connectivity index (χ4n) is 2.06. The van der Waals surface area contributed by atoms with Gasteiger partial charge in [-0.25, -0.2) is 0 Å². The van der Waals surface area contributed by atoms with Crippen LogP contribution < -0.4 is 11.1 Å². The van der Waals surface area contributed by atoms with Gasteiger partial charge >= 0.3 is 0 Å². The first-order chi connectivity index (χ1) is 8.60. The van der Waals surface area contributed by atoms with E-state index in [1.54, 1.807) is 17.9 Å². The summed E-state index contributed by atoms with van der Waals surface area (Å²) in [6.07, 6.45) is 5.66. The fourth-order valence-corrected chi connectivity index (χ4v) is 2.06.